The number of carbonyl (C=O) groups is 1. The molecule has 13 heteroatoms. The van der Waals surface area contributed by atoms with Gasteiger partial charge in [-0.1, -0.05) is 17.2 Å². The first kappa shape index (κ1) is 28.2. The van der Waals surface area contributed by atoms with Crippen LogP contribution < -0.4 is 63.3 Å². The molecule has 1 fully saturated rings. The molecule has 0 aromatic heterocycles. The first-order valence-electron chi connectivity index (χ1n) is 8.49. The SMILES string of the molecule is [N-]=[N+]=Nc1c[c-]c(C=C2CCC(=Cc3ccc(N=[N+]=[N-])cc3OS(=O)[O-])C2=O)cc1.[Na+].[Na+]. The molecule has 0 N–H and O–H groups in total. The van der Waals surface area contributed by atoms with Crippen LogP contribution >= 0.6 is 0 Å². The fourth-order valence-corrected chi connectivity index (χ4v) is 3.18. The van der Waals surface area contributed by atoms with E-state index in [9.17, 15) is 13.6 Å². The molecule has 1 aliphatic rings. The van der Waals surface area contributed by atoms with Crippen LogP contribution in [0.3, 0.4) is 0 Å². The van der Waals surface area contributed by atoms with Gasteiger partial charge in [0.2, 0.25) is 0 Å². The van der Waals surface area contributed by atoms with E-state index in [1.165, 1.54) is 24.3 Å². The van der Waals surface area contributed by atoms with E-state index in [4.69, 9.17) is 15.2 Å². The van der Waals surface area contributed by atoms with Gasteiger partial charge in [-0.05, 0) is 57.8 Å². The third kappa shape index (κ3) is 7.61. The largest absolute Gasteiger partial charge is 1.00 e. The van der Waals surface area contributed by atoms with Crippen molar-refractivity contribution in [3.05, 3.63) is 85.6 Å². The predicted octanol–water partition coefficient (Wildman–Crippen LogP) is -0.619. The molecular formula is C19H12N6Na2O4S. The van der Waals surface area contributed by atoms with Gasteiger partial charge >= 0.3 is 59.1 Å². The van der Waals surface area contributed by atoms with E-state index in [0.717, 1.165) is 0 Å². The van der Waals surface area contributed by atoms with Crippen LogP contribution in [0.1, 0.15) is 24.0 Å². The number of carbonyl (C=O) groups excluding carboxylic acids is 1. The summed E-state index contributed by atoms with van der Waals surface area (Å²) >= 11 is -2.83. The molecule has 1 aliphatic carbocycles. The van der Waals surface area contributed by atoms with Crippen molar-refractivity contribution in [1.82, 2.24) is 0 Å². The van der Waals surface area contributed by atoms with Crippen molar-refractivity contribution in [2.24, 2.45) is 10.2 Å². The summed E-state index contributed by atoms with van der Waals surface area (Å²) in [5, 5.41) is 6.88. The first-order chi connectivity index (χ1) is 14.5. The summed E-state index contributed by atoms with van der Waals surface area (Å²) in [6.07, 6.45) is 4.24. The van der Waals surface area contributed by atoms with Gasteiger partial charge in [-0.15, -0.1) is 35.5 Å². The molecule has 1 unspecified atom stereocenters. The maximum Gasteiger partial charge on any atom is 1.00 e. The molecule has 0 spiro atoms. The number of hydrogen-bond donors (Lipinski definition) is 0. The second-order valence-corrected chi connectivity index (χ2v) is 6.63. The molecule has 10 nitrogen and oxygen atoms in total. The van der Waals surface area contributed by atoms with Gasteiger partial charge in [0.15, 0.2) is 5.78 Å². The van der Waals surface area contributed by atoms with Gasteiger partial charge < -0.3 is 8.74 Å². The zero-order valence-electron chi connectivity index (χ0n) is 17.3. The smallest absolute Gasteiger partial charge is 0.740 e. The molecule has 0 bridgehead atoms. The van der Waals surface area contributed by atoms with Crippen molar-refractivity contribution in [3.8, 4) is 5.75 Å². The van der Waals surface area contributed by atoms with Crippen LogP contribution in [0, 0.1) is 6.07 Å². The fourth-order valence-electron chi connectivity index (χ4n) is 2.89. The van der Waals surface area contributed by atoms with Crippen molar-refractivity contribution in [3.63, 3.8) is 0 Å². The average Bonchev–Trinajstić information content (AvgIpc) is 3.05. The number of Topliss-reactive ketones (excluding diaryl/α,β-unsaturated/α-hetero) is 1. The first-order valence-corrected chi connectivity index (χ1v) is 9.49. The Bertz CT molecular complexity index is 1190. The molecule has 1 atom stereocenters. The summed E-state index contributed by atoms with van der Waals surface area (Å²) in [7, 11) is 0. The zero-order valence-corrected chi connectivity index (χ0v) is 22.1. The van der Waals surface area contributed by atoms with Crippen molar-refractivity contribution in [2.75, 3.05) is 0 Å². The Kier molecular flexibility index (Phi) is 12.0. The molecule has 2 aromatic rings. The topological polar surface area (TPSA) is 164 Å². The molecule has 150 valence electrons. The molecule has 3 rings (SSSR count). The van der Waals surface area contributed by atoms with Gasteiger partial charge in [0.25, 0.3) is 0 Å². The molecule has 0 aliphatic heterocycles. The van der Waals surface area contributed by atoms with Crippen LogP contribution in [0.5, 0.6) is 5.75 Å². The van der Waals surface area contributed by atoms with Gasteiger partial charge in [-0.3, -0.25) is 4.79 Å². The maximum absolute atomic E-state index is 12.7. The summed E-state index contributed by atoms with van der Waals surface area (Å²) in [5.41, 5.74) is 19.7. The monoisotopic (exact) mass is 466 g/mol. The number of benzene rings is 2. The van der Waals surface area contributed by atoms with Crippen molar-refractivity contribution in [2.45, 2.75) is 12.8 Å². The number of ketones is 1. The molecule has 0 heterocycles. The third-order valence-electron chi connectivity index (χ3n) is 4.20. The number of hydrogen-bond acceptors (Lipinski definition) is 6. The Hall–Kier alpha value is -1.88. The van der Waals surface area contributed by atoms with Gasteiger partial charge in [0.05, 0.1) is 0 Å². The molecule has 1 saturated carbocycles. The van der Waals surface area contributed by atoms with Crippen LogP contribution in [0.15, 0.2) is 57.8 Å². The van der Waals surface area contributed by atoms with E-state index in [0.29, 0.717) is 40.8 Å². The zero-order chi connectivity index (χ0) is 21.5. The van der Waals surface area contributed by atoms with Crippen molar-refractivity contribution < 1.29 is 76.9 Å². The van der Waals surface area contributed by atoms with E-state index < -0.39 is 11.4 Å². The number of rotatable bonds is 6. The third-order valence-corrected chi connectivity index (χ3v) is 4.52. The van der Waals surface area contributed by atoms with Crippen LogP contribution in [0.4, 0.5) is 11.4 Å². The van der Waals surface area contributed by atoms with E-state index in [1.54, 1.807) is 24.3 Å². The van der Waals surface area contributed by atoms with Crippen LogP contribution in [-0.2, 0) is 16.2 Å². The molecule has 32 heavy (non-hydrogen) atoms. The Morgan fingerprint density at radius 1 is 1.03 bits per heavy atom. The van der Waals surface area contributed by atoms with Crippen molar-refractivity contribution >= 4 is 40.7 Å². The summed E-state index contributed by atoms with van der Waals surface area (Å²) in [6.45, 7) is 0. The molecule has 2 aromatic carbocycles. The summed E-state index contributed by atoms with van der Waals surface area (Å²) in [6, 6.07) is 12.1. The molecular weight excluding hydrogens is 454 g/mol. The second kappa shape index (κ2) is 13.6. The van der Waals surface area contributed by atoms with Gasteiger partial charge in [-0.2, -0.15) is 5.56 Å². The Labute approximate surface area is 230 Å². The van der Waals surface area contributed by atoms with Gasteiger partial charge in [-0.25, -0.2) is 4.21 Å². The fraction of sp³-hybridized carbons (Fsp3) is 0.105. The Morgan fingerprint density at radius 2 is 1.66 bits per heavy atom. The van der Waals surface area contributed by atoms with Gasteiger partial charge in [0.1, 0.15) is 17.1 Å². The second-order valence-electron chi connectivity index (χ2n) is 6.06. The van der Waals surface area contributed by atoms with Crippen LogP contribution in [0.25, 0.3) is 33.0 Å². The summed E-state index contributed by atoms with van der Waals surface area (Å²) in [5.74, 6) is -0.219. The summed E-state index contributed by atoms with van der Waals surface area (Å²) in [4.78, 5) is 18.1. The number of azide groups is 2. The van der Waals surface area contributed by atoms with E-state index in [1.807, 2.05) is 0 Å². The Morgan fingerprint density at radius 3 is 2.25 bits per heavy atom. The summed E-state index contributed by atoms with van der Waals surface area (Å²) < 4.78 is 26.7. The number of nitrogens with zero attached hydrogens (tertiary/aromatic N) is 6. The van der Waals surface area contributed by atoms with E-state index in [-0.39, 0.29) is 76.3 Å². The van der Waals surface area contributed by atoms with Gasteiger partial charge in [0, 0.05) is 16.2 Å². The van der Waals surface area contributed by atoms with E-state index in [2.05, 4.69) is 26.1 Å². The predicted molar refractivity (Wildman–Crippen MR) is 109 cm³/mol. The molecule has 0 saturated heterocycles. The average molecular weight is 466 g/mol. The van der Waals surface area contributed by atoms with Crippen molar-refractivity contribution in [1.29, 1.82) is 0 Å². The van der Waals surface area contributed by atoms with Crippen LogP contribution in [-0.4, -0.2) is 14.5 Å². The number of allylic oxidation sites excluding steroid dienone is 2. The minimum absolute atomic E-state index is 0. The maximum atomic E-state index is 12.7. The Balaban J connectivity index is 0.00000256. The quantitative estimate of drug-likeness (QED) is 0.105. The minimum Gasteiger partial charge on any atom is -0.740 e. The minimum atomic E-state index is -2.83. The molecule has 0 radical (unpaired) electrons. The van der Waals surface area contributed by atoms with E-state index >= 15 is 0 Å². The normalized spacial score (nSPS) is 15.7. The molecule has 0 amide bonds. The van der Waals surface area contributed by atoms with Crippen LogP contribution in [0.2, 0.25) is 0 Å². The standard InChI is InChI=1S/C19H13N6O4S.2Na/c20-24-22-16-6-1-12(2-7-16)9-14-3-4-15(19(14)26)10-13-5-8-17(23-25-21)11-18(13)29-30(27)28;;/h1,5-11H,3-4H2,(H,27,28);;/q-1;2*+1/p-1.